The first-order chi connectivity index (χ1) is 13.3. The summed E-state index contributed by atoms with van der Waals surface area (Å²) in [6.45, 7) is 8.50. The highest BCUT2D eigenvalue weighted by Crippen LogP contribution is 2.47. The molecule has 2 aromatic carbocycles. The molecule has 1 unspecified atom stereocenters. The average molecular weight is 403 g/mol. The third-order valence-corrected chi connectivity index (χ3v) is 6.99. The fourth-order valence-electron chi connectivity index (χ4n) is 3.27. The third-order valence-electron chi connectivity index (χ3n) is 5.02. The minimum atomic E-state index is -2.95. The van der Waals surface area contributed by atoms with E-state index in [4.69, 9.17) is 4.52 Å². The van der Waals surface area contributed by atoms with E-state index in [-0.39, 0.29) is 5.69 Å². The van der Waals surface area contributed by atoms with Gasteiger partial charge in [0, 0.05) is 50.7 Å². The monoisotopic (exact) mass is 403 g/mol. The fraction of sp³-hybridized carbons (Fsp3) is 0.400. The van der Waals surface area contributed by atoms with Gasteiger partial charge in [0.2, 0.25) is 0 Å². The third kappa shape index (κ3) is 4.72. The lowest BCUT2D eigenvalue weighted by Crippen LogP contribution is -2.45. The Bertz CT molecular complexity index is 860. The van der Waals surface area contributed by atoms with Crippen LogP contribution in [0.2, 0.25) is 0 Å². The van der Waals surface area contributed by atoms with E-state index in [1.807, 2.05) is 28.9 Å². The van der Waals surface area contributed by atoms with E-state index in [1.54, 1.807) is 18.8 Å². The van der Waals surface area contributed by atoms with Gasteiger partial charge in [0.05, 0.1) is 4.92 Å². The van der Waals surface area contributed by atoms with Gasteiger partial charge in [-0.25, -0.2) is 4.67 Å². The van der Waals surface area contributed by atoms with E-state index in [2.05, 4.69) is 18.7 Å². The molecule has 0 amide bonds. The topological polar surface area (TPSA) is 75.9 Å². The zero-order valence-corrected chi connectivity index (χ0v) is 17.3. The molecule has 0 aromatic heterocycles. The van der Waals surface area contributed by atoms with Crippen LogP contribution in [0.15, 0.2) is 48.5 Å². The van der Waals surface area contributed by atoms with E-state index >= 15 is 0 Å². The Morgan fingerprint density at radius 3 is 2.07 bits per heavy atom. The van der Waals surface area contributed by atoms with Gasteiger partial charge in [-0.2, -0.15) is 0 Å². The molecule has 1 aliphatic rings. The first-order valence-corrected chi connectivity index (χ1v) is 11.4. The maximum absolute atomic E-state index is 13.1. The number of piperazine rings is 1. The lowest BCUT2D eigenvalue weighted by Gasteiger charge is -2.38. The van der Waals surface area contributed by atoms with Gasteiger partial charge >= 0.3 is 7.52 Å². The number of hydrogen-bond donors (Lipinski definition) is 0. The van der Waals surface area contributed by atoms with Crippen molar-refractivity contribution in [2.75, 3.05) is 37.7 Å². The Kier molecular flexibility index (Phi) is 6.06. The molecule has 28 heavy (non-hydrogen) atoms. The molecule has 7 nitrogen and oxygen atoms in total. The predicted octanol–water partition coefficient (Wildman–Crippen LogP) is 4.74. The van der Waals surface area contributed by atoms with Crippen LogP contribution in [0.3, 0.4) is 0 Å². The van der Waals surface area contributed by atoms with Crippen LogP contribution in [0.5, 0.6) is 5.75 Å². The van der Waals surface area contributed by atoms with Gasteiger partial charge in [-0.15, -0.1) is 0 Å². The van der Waals surface area contributed by atoms with Crippen molar-refractivity contribution in [3.8, 4) is 5.75 Å². The van der Waals surface area contributed by atoms with Gasteiger partial charge < -0.3 is 9.42 Å². The quantitative estimate of drug-likeness (QED) is 0.394. The normalized spacial score (nSPS) is 17.4. The van der Waals surface area contributed by atoms with Crippen molar-refractivity contribution in [2.24, 2.45) is 0 Å². The van der Waals surface area contributed by atoms with Crippen LogP contribution in [-0.4, -0.2) is 42.4 Å². The predicted molar refractivity (Wildman–Crippen MR) is 112 cm³/mol. The number of hydrogen-bond acceptors (Lipinski definition) is 5. The highest BCUT2D eigenvalue weighted by Gasteiger charge is 2.31. The van der Waals surface area contributed by atoms with E-state index in [0.29, 0.717) is 37.8 Å². The molecular weight excluding hydrogens is 377 g/mol. The van der Waals surface area contributed by atoms with E-state index < -0.39 is 12.4 Å². The number of benzene rings is 2. The summed E-state index contributed by atoms with van der Waals surface area (Å²) in [6, 6.07) is 14.3. The maximum Gasteiger partial charge on any atom is 0.316 e. The molecule has 0 aliphatic carbocycles. The van der Waals surface area contributed by atoms with Crippen molar-refractivity contribution >= 4 is 18.9 Å². The molecule has 0 radical (unpaired) electrons. The summed E-state index contributed by atoms with van der Waals surface area (Å²) in [5.74, 6) is 1.06. The zero-order valence-electron chi connectivity index (χ0n) is 16.4. The van der Waals surface area contributed by atoms with Crippen molar-refractivity contribution in [2.45, 2.75) is 19.8 Å². The summed E-state index contributed by atoms with van der Waals surface area (Å²) in [4.78, 5) is 12.5. The molecule has 0 N–H and O–H groups in total. The Morgan fingerprint density at radius 2 is 1.57 bits per heavy atom. The summed E-state index contributed by atoms with van der Waals surface area (Å²) in [5, 5.41) is 10.8. The molecule has 2 aromatic rings. The summed E-state index contributed by atoms with van der Waals surface area (Å²) in [5.41, 5.74) is 2.23. The molecule has 150 valence electrons. The first-order valence-electron chi connectivity index (χ1n) is 9.38. The van der Waals surface area contributed by atoms with Crippen molar-refractivity contribution in [1.82, 2.24) is 4.67 Å². The van der Waals surface area contributed by atoms with Crippen LogP contribution in [0, 0.1) is 10.1 Å². The lowest BCUT2D eigenvalue weighted by molar-refractivity contribution is -0.384. The molecule has 0 bridgehead atoms. The number of anilines is 1. The van der Waals surface area contributed by atoms with Gasteiger partial charge in [0.25, 0.3) is 5.69 Å². The highest BCUT2D eigenvalue weighted by molar-refractivity contribution is 7.56. The first kappa shape index (κ1) is 20.4. The van der Waals surface area contributed by atoms with E-state index in [9.17, 15) is 14.7 Å². The molecule has 1 heterocycles. The van der Waals surface area contributed by atoms with Crippen molar-refractivity contribution < 1.29 is 14.0 Å². The van der Waals surface area contributed by atoms with Crippen LogP contribution in [0.4, 0.5) is 11.4 Å². The van der Waals surface area contributed by atoms with Crippen molar-refractivity contribution in [3.05, 3.63) is 64.2 Å². The van der Waals surface area contributed by atoms with Gasteiger partial charge in [-0.05, 0) is 35.7 Å². The molecule has 8 heteroatoms. The van der Waals surface area contributed by atoms with E-state index in [0.717, 1.165) is 5.69 Å². The SMILES string of the molecule is CC(C)c1ccc(OP(C)(=O)N2CCN(c3ccc([N+](=O)[O-])cc3)CC2)cc1. The minimum absolute atomic E-state index is 0.0809. The molecule has 1 fully saturated rings. The zero-order chi connectivity index (χ0) is 20.3. The summed E-state index contributed by atoms with van der Waals surface area (Å²) >= 11 is 0. The van der Waals surface area contributed by atoms with E-state index in [1.165, 1.54) is 17.7 Å². The molecule has 1 saturated heterocycles. The molecule has 1 atom stereocenters. The van der Waals surface area contributed by atoms with Gasteiger partial charge in [0.15, 0.2) is 0 Å². The van der Waals surface area contributed by atoms with Crippen molar-refractivity contribution in [1.29, 1.82) is 0 Å². The Labute approximate surface area is 165 Å². The van der Waals surface area contributed by atoms with Crippen LogP contribution >= 0.6 is 7.52 Å². The maximum atomic E-state index is 13.1. The van der Waals surface area contributed by atoms with Crippen LogP contribution in [0.25, 0.3) is 0 Å². The molecule has 3 rings (SSSR count). The van der Waals surface area contributed by atoms with Crippen molar-refractivity contribution in [3.63, 3.8) is 0 Å². The van der Waals surface area contributed by atoms with Gasteiger partial charge in [0.1, 0.15) is 5.75 Å². The second-order valence-electron chi connectivity index (χ2n) is 7.33. The Hall–Kier alpha value is -2.37. The number of nitrogens with zero attached hydrogens (tertiary/aromatic N) is 3. The standard InChI is InChI=1S/C20H26N3O4P/c1-16(2)17-4-10-20(11-5-17)27-28(3,26)22-14-12-21(13-15-22)18-6-8-19(9-7-18)23(24)25/h4-11,16H,12-15H2,1-3H3. The highest BCUT2D eigenvalue weighted by atomic mass is 31.2. The fourth-order valence-corrected chi connectivity index (χ4v) is 4.80. The summed E-state index contributed by atoms with van der Waals surface area (Å²) in [7, 11) is -2.95. The van der Waals surface area contributed by atoms with Crippen LogP contribution in [-0.2, 0) is 4.57 Å². The molecule has 0 spiro atoms. The van der Waals surface area contributed by atoms with Crippen LogP contribution < -0.4 is 9.42 Å². The molecule has 1 aliphatic heterocycles. The minimum Gasteiger partial charge on any atom is -0.433 e. The molecular formula is C20H26N3O4P. The number of nitro benzene ring substituents is 1. The largest absolute Gasteiger partial charge is 0.433 e. The Morgan fingerprint density at radius 1 is 1.00 bits per heavy atom. The summed E-state index contributed by atoms with van der Waals surface area (Å²) in [6.07, 6.45) is 0. The lowest BCUT2D eigenvalue weighted by atomic mass is 10.0. The van der Waals surface area contributed by atoms with Crippen LogP contribution in [0.1, 0.15) is 25.3 Å². The number of nitro groups is 1. The molecule has 0 saturated carbocycles. The second kappa shape index (κ2) is 8.33. The van der Waals surface area contributed by atoms with Gasteiger partial charge in [-0.3, -0.25) is 14.7 Å². The second-order valence-corrected chi connectivity index (χ2v) is 9.69. The number of rotatable bonds is 6. The smallest absolute Gasteiger partial charge is 0.316 e. The van der Waals surface area contributed by atoms with Gasteiger partial charge in [-0.1, -0.05) is 26.0 Å². The average Bonchev–Trinajstić information content (AvgIpc) is 2.68. The number of non-ortho nitro benzene ring substituents is 1. The summed E-state index contributed by atoms with van der Waals surface area (Å²) < 4.78 is 20.9. The Balaban J connectivity index is 1.59.